The van der Waals surface area contributed by atoms with Crippen LogP contribution in [-0.4, -0.2) is 21.3 Å². The van der Waals surface area contributed by atoms with Crippen LogP contribution in [0.15, 0.2) is 47.1 Å². The van der Waals surface area contributed by atoms with Crippen LogP contribution in [0.25, 0.3) is 11.5 Å². The number of carbonyl (C=O) groups excluding carboxylic acids is 1. The molecule has 0 aliphatic rings. The average molecular weight is 271 g/mol. The highest BCUT2D eigenvalue weighted by molar-refractivity contribution is 5.81. The quantitative estimate of drug-likeness (QED) is 0.684. The second-order valence-electron chi connectivity index (χ2n) is 4.17. The van der Waals surface area contributed by atoms with Crippen molar-refractivity contribution >= 4 is 6.29 Å². The maximum Gasteiger partial charge on any atom is 0.172 e. The summed E-state index contributed by atoms with van der Waals surface area (Å²) in [5.41, 5.74) is 1.06. The van der Waals surface area contributed by atoms with E-state index in [0.29, 0.717) is 23.3 Å². The van der Waals surface area contributed by atoms with Gasteiger partial charge in [0.05, 0.1) is 12.8 Å². The normalized spacial score (nSPS) is 10.7. The van der Waals surface area contributed by atoms with Crippen LogP contribution >= 0.6 is 0 Å². The first-order valence-electron chi connectivity index (χ1n) is 5.95. The Bertz CT molecular complexity index is 735. The van der Waals surface area contributed by atoms with E-state index in [9.17, 15) is 9.18 Å². The van der Waals surface area contributed by atoms with Crippen LogP contribution in [0, 0.1) is 5.82 Å². The maximum atomic E-state index is 13.7. The molecule has 0 aliphatic heterocycles. The van der Waals surface area contributed by atoms with E-state index in [2.05, 4.69) is 10.3 Å². The maximum absolute atomic E-state index is 13.7. The first-order valence-corrected chi connectivity index (χ1v) is 5.95. The molecule has 5 nitrogen and oxygen atoms in total. The number of aromatic nitrogens is 3. The number of carbonyl (C=O) groups is 1. The minimum Gasteiger partial charge on any atom is -0.463 e. The predicted octanol–water partition coefficient (Wildman–Crippen LogP) is 2.54. The van der Waals surface area contributed by atoms with Crippen LogP contribution < -0.4 is 0 Å². The molecule has 1 aromatic carbocycles. The molecule has 0 aliphatic carbocycles. The monoisotopic (exact) mass is 271 g/mol. The molecule has 0 unspecified atom stereocenters. The number of rotatable bonds is 4. The van der Waals surface area contributed by atoms with Crippen molar-refractivity contribution in [3.63, 3.8) is 0 Å². The van der Waals surface area contributed by atoms with Gasteiger partial charge in [0.15, 0.2) is 17.7 Å². The van der Waals surface area contributed by atoms with Crippen molar-refractivity contribution in [3.05, 3.63) is 59.7 Å². The molecule has 3 rings (SSSR count). The van der Waals surface area contributed by atoms with Crippen molar-refractivity contribution < 1.29 is 13.6 Å². The third kappa shape index (κ3) is 2.11. The van der Waals surface area contributed by atoms with Crippen LogP contribution in [0.3, 0.4) is 0 Å². The second-order valence-corrected chi connectivity index (χ2v) is 4.17. The molecule has 0 N–H and O–H groups in total. The molecule has 0 saturated carbocycles. The van der Waals surface area contributed by atoms with E-state index in [1.54, 1.807) is 30.3 Å². The van der Waals surface area contributed by atoms with Gasteiger partial charge in [0.2, 0.25) is 0 Å². The van der Waals surface area contributed by atoms with Gasteiger partial charge in [0.25, 0.3) is 0 Å². The molecule has 0 fully saturated rings. The summed E-state index contributed by atoms with van der Waals surface area (Å²) < 4.78 is 20.4. The van der Waals surface area contributed by atoms with Crippen molar-refractivity contribution in [2.45, 2.75) is 6.54 Å². The van der Waals surface area contributed by atoms with Crippen LogP contribution in [0.2, 0.25) is 0 Å². The fourth-order valence-electron chi connectivity index (χ4n) is 1.97. The highest BCUT2D eigenvalue weighted by Gasteiger charge is 2.17. The van der Waals surface area contributed by atoms with E-state index in [0.717, 1.165) is 0 Å². The Morgan fingerprint density at radius 1 is 1.25 bits per heavy atom. The summed E-state index contributed by atoms with van der Waals surface area (Å²) in [4.78, 5) is 11.0. The molecule has 0 bridgehead atoms. The van der Waals surface area contributed by atoms with E-state index in [4.69, 9.17) is 4.42 Å². The minimum atomic E-state index is -0.332. The van der Waals surface area contributed by atoms with Gasteiger partial charge in [-0.05, 0) is 18.2 Å². The second kappa shape index (κ2) is 5.08. The summed E-state index contributed by atoms with van der Waals surface area (Å²) >= 11 is 0. The Labute approximate surface area is 113 Å². The lowest BCUT2D eigenvalue weighted by atomic mass is 10.2. The van der Waals surface area contributed by atoms with Gasteiger partial charge in [0.1, 0.15) is 11.5 Å². The molecule has 0 amide bonds. The van der Waals surface area contributed by atoms with Crippen LogP contribution in [0.4, 0.5) is 4.39 Å². The van der Waals surface area contributed by atoms with E-state index in [1.165, 1.54) is 17.0 Å². The summed E-state index contributed by atoms with van der Waals surface area (Å²) in [6.07, 6.45) is 2.09. The number of halogens is 1. The number of hydrogen-bond acceptors (Lipinski definition) is 4. The van der Waals surface area contributed by atoms with Gasteiger partial charge in [-0.1, -0.05) is 23.4 Å². The van der Waals surface area contributed by atoms with Crippen molar-refractivity contribution in [1.29, 1.82) is 0 Å². The molecular weight excluding hydrogens is 261 g/mol. The number of hydrogen-bond donors (Lipinski definition) is 0. The Morgan fingerprint density at radius 2 is 2.10 bits per heavy atom. The van der Waals surface area contributed by atoms with Crippen molar-refractivity contribution in [1.82, 2.24) is 15.0 Å². The van der Waals surface area contributed by atoms with Crippen LogP contribution in [0.1, 0.15) is 16.1 Å². The summed E-state index contributed by atoms with van der Waals surface area (Å²) in [6.45, 7) is 0.170. The number of furan rings is 1. The SMILES string of the molecule is O=Cc1nnn(Cc2ccccc2F)c1-c1ccco1. The Balaban J connectivity index is 2.05. The molecule has 2 aromatic heterocycles. The standard InChI is InChI=1S/C14H10FN3O2/c15-11-5-2-1-4-10(11)8-18-14(12(9-19)16-17-18)13-6-3-7-20-13/h1-7,9H,8H2. The largest absolute Gasteiger partial charge is 0.463 e. The molecule has 3 aromatic rings. The zero-order valence-electron chi connectivity index (χ0n) is 10.4. The fourth-order valence-corrected chi connectivity index (χ4v) is 1.97. The van der Waals surface area contributed by atoms with E-state index < -0.39 is 0 Å². The first-order chi connectivity index (χ1) is 9.79. The lowest BCUT2D eigenvalue weighted by molar-refractivity contribution is 0.111. The Kier molecular flexibility index (Phi) is 3.12. The highest BCUT2D eigenvalue weighted by atomic mass is 19.1. The molecule has 6 heteroatoms. The smallest absolute Gasteiger partial charge is 0.172 e. The summed E-state index contributed by atoms with van der Waals surface area (Å²) in [5.74, 6) is 0.134. The summed E-state index contributed by atoms with van der Waals surface area (Å²) in [7, 11) is 0. The molecule has 0 spiro atoms. The zero-order valence-corrected chi connectivity index (χ0v) is 10.4. The average Bonchev–Trinajstić information content (AvgIpc) is 3.09. The van der Waals surface area contributed by atoms with Crippen LogP contribution in [0.5, 0.6) is 0 Å². The molecule has 0 radical (unpaired) electrons. The minimum absolute atomic E-state index is 0.163. The lowest BCUT2D eigenvalue weighted by Gasteiger charge is -2.05. The van der Waals surface area contributed by atoms with Gasteiger partial charge in [0, 0.05) is 5.56 Å². The number of nitrogens with zero attached hydrogens (tertiary/aromatic N) is 3. The fraction of sp³-hybridized carbons (Fsp3) is 0.0714. The molecule has 2 heterocycles. The van der Waals surface area contributed by atoms with Gasteiger partial charge in [-0.3, -0.25) is 4.79 Å². The number of aldehydes is 1. The summed E-state index contributed by atoms with van der Waals surface area (Å²) in [6, 6.07) is 9.78. The van der Waals surface area contributed by atoms with E-state index in [1.807, 2.05) is 0 Å². The lowest BCUT2D eigenvalue weighted by Crippen LogP contribution is -2.05. The van der Waals surface area contributed by atoms with Crippen LogP contribution in [-0.2, 0) is 6.54 Å². The molecule has 0 atom stereocenters. The number of benzene rings is 1. The zero-order chi connectivity index (χ0) is 13.9. The van der Waals surface area contributed by atoms with Gasteiger partial charge >= 0.3 is 0 Å². The molecule has 0 saturated heterocycles. The van der Waals surface area contributed by atoms with Crippen molar-refractivity contribution in [2.24, 2.45) is 0 Å². The van der Waals surface area contributed by atoms with Crippen molar-refractivity contribution in [2.75, 3.05) is 0 Å². The third-order valence-electron chi connectivity index (χ3n) is 2.91. The van der Waals surface area contributed by atoms with Gasteiger partial charge in [-0.2, -0.15) is 0 Å². The van der Waals surface area contributed by atoms with Crippen molar-refractivity contribution in [3.8, 4) is 11.5 Å². The van der Waals surface area contributed by atoms with Gasteiger partial charge in [-0.25, -0.2) is 9.07 Å². The van der Waals surface area contributed by atoms with Gasteiger partial charge in [-0.15, -0.1) is 5.10 Å². The third-order valence-corrected chi connectivity index (χ3v) is 2.91. The predicted molar refractivity (Wildman–Crippen MR) is 68.6 cm³/mol. The first kappa shape index (κ1) is 12.3. The molecule has 100 valence electrons. The molecular formula is C14H10FN3O2. The topological polar surface area (TPSA) is 60.9 Å². The highest BCUT2D eigenvalue weighted by Crippen LogP contribution is 2.23. The Morgan fingerprint density at radius 3 is 2.80 bits per heavy atom. The molecule has 20 heavy (non-hydrogen) atoms. The summed E-state index contributed by atoms with van der Waals surface area (Å²) in [5, 5.41) is 7.67. The Hall–Kier alpha value is -2.76. The van der Waals surface area contributed by atoms with E-state index >= 15 is 0 Å². The van der Waals surface area contributed by atoms with E-state index in [-0.39, 0.29) is 18.1 Å². The van der Waals surface area contributed by atoms with Gasteiger partial charge < -0.3 is 4.42 Å².